The molecule has 4 nitrogen and oxygen atoms in total. The summed E-state index contributed by atoms with van der Waals surface area (Å²) in [4.78, 5) is 14.9. The smallest absolute Gasteiger partial charge is 0.164 e. The van der Waals surface area contributed by atoms with Crippen LogP contribution in [-0.2, 0) is 5.41 Å². The van der Waals surface area contributed by atoms with Crippen molar-refractivity contribution in [1.29, 1.82) is 0 Å². The van der Waals surface area contributed by atoms with Crippen molar-refractivity contribution in [2.45, 2.75) is 19.3 Å². The molecule has 0 saturated carbocycles. The van der Waals surface area contributed by atoms with Crippen LogP contribution in [0.1, 0.15) is 31.8 Å². The second kappa shape index (κ2) is 13.4. The number of hydrogen-bond acceptors (Lipinski definition) is 4. The first-order valence-electron chi connectivity index (χ1n) is 21.9. The van der Waals surface area contributed by atoms with Gasteiger partial charge in [-0.05, 0) is 86.0 Å². The lowest BCUT2D eigenvalue weighted by molar-refractivity contribution is 0.660. The van der Waals surface area contributed by atoms with Crippen LogP contribution < -0.4 is 0 Å². The molecule has 1 aliphatic carbocycles. The third kappa shape index (κ3) is 5.56. The summed E-state index contributed by atoms with van der Waals surface area (Å²) in [6.07, 6.45) is 0. The van der Waals surface area contributed by atoms with Crippen molar-refractivity contribution in [2.75, 3.05) is 0 Å². The van der Waals surface area contributed by atoms with Crippen LogP contribution in [0.15, 0.2) is 192 Å². The van der Waals surface area contributed by atoms with Crippen molar-refractivity contribution in [3.63, 3.8) is 0 Å². The third-order valence-electron chi connectivity index (χ3n) is 11.4. The van der Waals surface area contributed by atoms with Crippen molar-refractivity contribution in [3.8, 4) is 78.7 Å². The molecule has 2 aromatic heterocycles. The van der Waals surface area contributed by atoms with Gasteiger partial charge < -0.3 is 4.42 Å². The molecule has 2 heterocycles. The summed E-state index contributed by atoms with van der Waals surface area (Å²) in [6.45, 7) is 4.41. The fraction of sp³-hybridized carbons (Fsp3) is 0.0556. The summed E-state index contributed by atoms with van der Waals surface area (Å²) in [5, 5.41) is 2.06. The van der Waals surface area contributed by atoms with Crippen LogP contribution in [0.5, 0.6) is 0 Å². The summed E-state index contributed by atoms with van der Waals surface area (Å²) in [5.41, 5.74) is 13.4. The Hall–Kier alpha value is -7.43. The summed E-state index contributed by atoms with van der Waals surface area (Å²) in [6, 6.07) is 51.6. The van der Waals surface area contributed by atoms with Gasteiger partial charge in [0.2, 0.25) is 0 Å². The van der Waals surface area contributed by atoms with E-state index in [0.29, 0.717) is 17.2 Å². The largest absolute Gasteiger partial charge is 0.456 e. The Bertz CT molecular complexity index is 3480. The Kier molecular flexibility index (Phi) is 6.66. The van der Waals surface area contributed by atoms with Crippen molar-refractivity contribution >= 4 is 21.9 Å². The topological polar surface area (TPSA) is 51.8 Å². The molecule has 0 fully saturated rings. The Morgan fingerprint density at radius 2 is 1.02 bits per heavy atom. The van der Waals surface area contributed by atoms with E-state index in [0.717, 1.165) is 77.6 Å². The maximum Gasteiger partial charge on any atom is 0.164 e. The van der Waals surface area contributed by atoms with Gasteiger partial charge in [-0.3, -0.25) is 0 Å². The molecule has 0 bridgehead atoms. The highest BCUT2D eigenvalue weighted by Crippen LogP contribution is 2.51. The first-order valence-corrected chi connectivity index (χ1v) is 19.4. The van der Waals surface area contributed by atoms with E-state index in [1.807, 2.05) is 66.7 Å². The van der Waals surface area contributed by atoms with E-state index in [1.54, 1.807) is 0 Å². The standard InChI is InChI=1S/C54H37N3O/c1-54(2)45-26-10-9-23-42(45)49-44(25-13-27-46(49)54)53-56-51(35-17-7-4-8-18-35)55-52(57-53)40-22-12-20-37(32-40)38-29-30-43-48(33-38)58-47-28-14-24-41(50(43)47)39-21-11-19-36(31-39)34-15-5-3-6-16-34/h3-33H,1-2H3/i4D,7D,8D,17D,18D. The number of hydrogen-bond donors (Lipinski definition) is 0. The van der Waals surface area contributed by atoms with Crippen LogP contribution in [0.3, 0.4) is 0 Å². The highest BCUT2D eigenvalue weighted by molar-refractivity contribution is 6.13. The molecule has 0 radical (unpaired) electrons. The molecular formula is C54H37N3O. The molecule has 0 aliphatic heterocycles. The van der Waals surface area contributed by atoms with E-state index in [-0.39, 0.29) is 28.9 Å². The van der Waals surface area contributed by atoms with Gasteiger partial charge in [0.1, 0.15) is 11.2 Å². The van der Waals surface area contributed by atoms with E-state index in [4.69, 9.17) is 26.2 Å². The Morgan fingerprint density at radius 3 is 1.86 bits per heavy atom. The van der Waals surface area contributed by atoms with E-state index in [2.05, 4.69) is 105 Å². The lowest BCUT2D eigenvalue weighted by atomic mass is 9.82. The van der Waals surface area contributed by atoms with Crippen LogP contribution in [0.2, 0.25) is 0 Å². The minimum atomic E-state index is -0.481. The maximum atomic E-state index is 8.87. The van der Waals surface area contributed by atoms with Crippen LogP contribution in [-0.4, -0.2) is 15.0 Å². The number of rotatable bonds is 6. The first kappa shape index (κ1) is 28.9. The number of nitrogens with zero attached hydrogens (tertiary/aromatic N) is 3. The van der Waals surface area contributed by atoms with Crippen LogP contribution in [0, 0.1) is 0 Å². The number of benzene rings is 8. The molecule has 0 N–H and O–H groups in total. The van der Waals surface area contributed by atoms with E-state index in [9.17, 15) is 0 Å². The van der Waals surface area contributed by atoms with E-state index < -0.39 is 18.1 Å². The zero-order chi connectivity index (χ0) is 43.1. The number of fused-ring (bicyclic) bond motifs is 6. The van der Waals surface area contributed by atoms with Gasteiger partial charge >= 0.3 is 0 Å². The van der Waals surface area contributed by atoms with Crippen molar-refractivity contribution < 1.29 is 11.3 Å². The molecule has 1 aliphatic rings. The minimum Gasteiger partial charge on any atom is -0.456 e. The molecular weight excluding hydrogens is 707 g/mol. The summed E-state index contributed by atoms with van der Waals surface area (Å²) in [7, 11) is 0. The Morgan fingerprint density at radius 1 is 0.431 bits per heavy atom. The fourth-order valence-electron chi connectivity index (χ4n) is 8.62. The second-order valence-electron chi connectivity index (χ2n) is 15.2. The van der Waals surface area contributed by atoms with Crippen LogP contribution >= 0.6 is 0 Å². The lowest BCUT2D eigenvalue weighted by Gasteiger charge is -2.21. The quantitative estimate of drug-likeness (QED) is 0.170. The second-order valence-corrected chi connectivity index (χ2v) is 15.2. The monoisotopic (exact) mass is 748 g/mol. The molecule has 4 heteroatoms. The molecule has 0 unspecified atom stereocenters. The molecule has 0 atom stereocenters. The molecule has 58 heavy (non-hydrogen) atoms. The van der Waals surface area contributed by atoms with Gasteiger partial charge in [-0.25, -0.2) is 15.0 Å². The molecule has 10 aromatic rings. The van der Waals surface area contributed by atoms with Gasteiger partial charge in [-0.15, -0.1) is 0 Å². The van der Waals surface area contributed by atoms with Crippen LogP contribution in [0.4, 0.5) is 0 Å². The SMILES string of the molecule is [2H]c1c([2H])c([2H])c(-c2nc(-c3cccc(-c4ccc5c(c4)oc4cccc(-c6cccc(-c7ccccc7)c6)c45)c3)nc(-c3cccc4c3-c3ccccc3C4(C)C)n2)c([2H])c1[2H]. The average Bonchev–Trinajstić information content (AvgIpc) is 3.82. The fourth-order valence-corrected chi connectivity index (χ4v) is 8.62. The van der Waals surface area contributed by atoms with Crippen molar-refractivity contribution in [1.82, 2.24) is 15.0 Å². The van der Waals surface area contributed by atoms with Gasteiger partial charge in [0.25, 0.3) is 0 Å². The van der Waals surface area contributed by atoms with Gasteiger partial charge in [-0.1, -0.05) is 171 Å². The average molecular weight is 749 g/mol. The lowest BCUT2D eigenvalue weighted by Crippen LogP contribution is -2.14. The van der Waals surface area contributed by atoms with E-state index in [1.165, 1.54) is 5.56 Å². The zero-order valence-electron chi connectivity index (χ0n) is 36.8. The van der Waals surface area contributed by atoms with Gasteiger partial charge in [0.15, 0.2) is 17.5 Å². The Balaban J connectivity index is 1.05. The molecule has 0 saturated heterocycles. The molecule has 0 spiro atoms. The summed E-state index contributed by atoms with van der Waals surface area (Å²) in [5.74, 6) is 0.638. The zero-order valence-corrected chi connectivity index (χ0v) is 31.8. The number of aromatic nitrogens is 3. The van der Waals surface area contributed by atoms with Crippen LogP contribution in [0.25, 0.3) is 101 Å². The predicted molar refractivity (Wildman–Crippen MR) is 237 cm³/mol. The summed E-state index contributed by atoms with van der Waals surface area (Å²) >= 11 is 0. The minimum absolute atomic E-state index is 0.00523. The highest BCUT2D eigenvalue weighted by atomic mass is 16.3. The van der Waals surface area contributed by atoms with Crippen molar-refractivity contribution in [3.05, 3.63) is 199 Å². The van der Waals surface area contributed by atoms with Gasteiger partial charge in [0, 0.05) is 32.9 Å². The van der Waals surface area contributed by atoms with Crippen molar-refractivity contribution in [2.24, 2.45) is 0 Å². The molecule has 8 aromatic carbocycles. The normalized spacial score (nSPS) is 14.0. The Labute approximate surface area is 344 Å². The number of furan rings is 1. The summed E-state index contributed by atoms with van der Waals surface area (Å²) < 4.78 is 49.5. The van der Waals surface area contributed by atoms with Gasteiger partial charge in [0.05, 0.1) is 6.85 Å². The molecule has 11 rings (SSSR count). The predicted octanol–water partition coefficient (Wildman–Crippen LogP) is 14.1. The van der Waals surface area contributed by atoms with Gasteiger partial charge in [-0.2, -0.15) is 0 Å². The molecule has 0 amide bonds. The third-order valence-corrected chi connectivity index (χ3v) is 11.4. The highest BCUT2D eigenvalue weighted by Gasteiger charge is 2.37. The molecule has 274 valence electrons. The first-order chi connectivity index (χ1) is 30.6. The maximum absolute atomic E-state index is 8.87. The van der Waals surface area contributed by atoms with E-state index >= 15 is 0 Å².